The van der Waals surface area contributed by atoms with Gasteiger partial charge in [-0.2, -0.15) is 5.26 Å². The highest BCUT2D eigenvalue weighted by Gasteiger charge is 2.21. The number of alkyl carbamates (subject to hydrolysis) is 1. The van der Waals surface area contributed by atoms with Crippen LogP contribution in [-0.2, 0) is 4.74 Å². The number of rotatable bonds is 8. The predicted octanol–water partition coefficient (Wildman–Crippen LogP) is 5.62. The Kier molecular flexibility index (Phi) is 8.18. The summed E-state index contributed by atoms with van der Waals surface area (Å²) in [6.45, 7) is 10.7. The number of nitrogens with one attached hydrogen (secondary N) is 3. The van der Waals surface area contributed by atoms with Gasteiger partial charge in [0, 0.05) is 29.6 Å². The summed E-state index contributed by atoms with van der Waals surface area (Å²) in [5.41, 5.74) is 3.13. The van der Waals surface area contributed by atoms with Crippen molar-refractivity contribution in [2.75, 3.05) is 13.1 Å². The topological polar surface area (TPSA) is 107 Å². The zero-order chi connectivity index (χ0) is 25.6. The second kappa shape index (κ2) is 11.1. The first kappa shape index (κ1) is 25.8. The maximum absolute atomic E-state index is 13.2. The number of para-hydroxylation sites is 1. The summed E-state index contributed by atoms with van der Waals surface area (Å²) in [6, 6.07) is 17.2. The summed E-state index contributed by atoms with van der Waals surface area (Å²) >= 11 is 0. The summed E-state index contributed by atoms with van der Waals surface area (Å²) in [6.07, 6.45) is 0.421. The molecule has 2 amide bonds. The fourth-order valence-corrected chi connectivity index (χ4v) is 4.10. The molecule has 1 heterocycles. The van der Waals surface area contributed by atoms with E-state index >= 15 is 0 Å². The number of ether oxygens (including phenoxy) is 1. The fourth-order valence-electron chi connectivity index (χ4n) is 4.10. The van der Waals surface area contributed by atoms with Gasteiger partial charge >= 0.3 is 6.09 Å². The molecule has 0 radical (unpaired) electrons. The number of benzene rings is 2. The number of fused-ring (bicyclic) bond motifs is 1. The molecule has 2 aromatic carbocycles. The van der Waals surface area contributed by atoms with Crippen molar-refractivity contribution in [3.63, 3.8) is 0 Å². The largest absolute Gasteiger partial charge is 0.444 e. The second-order valence-electron chi connectivity index (χ2n) is 10.1. The van der Waals surface area contributed by atoms with E-state index in [1.165, 1.54) is 0 Å². The Morgan fingerprint density at radius 3 is 2.26 bits per heavy atom. The van der Waals surface area contributed by atoms with Crippen molar-refractivity contribution in [2.45, 2.75) is 46.6 Å². The van der Waals surface area contributed by atoms with Crippen molar-refractivity contribution >= 4 is 22.9 Å². The fraction of sp³-hybridized carbons (Fsp3) is 0.393. The van der Waals surface area contributed by atoms with E-state index in [9.17, 15) is 9.59 Å². The third kappa shape index (κ3) is 7.10. The van der Waals surface area contributed by atoms with Crippen LogP contribution in [0.4, 0.5) is 4.79 Å². The van der Waals surface area contributed by atoms with Gasteiger partial charge in [-0.15, -0.1) is 0 Å². The molecule has 0 aliphatic heterocycles. The molecule has 0 aliphatic carbocycles. The maximum Gasteiger partial charge on any atom is 0.407 e. The van der Waals surface area contributed by atoms with Crippen LogP contribution in [0.2, 0.25) is 0 Å². The van der Waals surface area contributed by atoms with Gasteiger partial charge in [0.15, 0.2) is 0 Å². The zero-order valence-electron chi connectivity index (χ0n) is 21.1. The Labute approximate surface area is 206 Å². The van der Waals surface area contributed by atoms with Gasteiger partial charge in [-0.1, -0.05) is 44.2 Å². The number of carbonyl (C=O) groups is 2. The Morgan fingerprint density at radius 2 is 1.63 bits per heavy atom. The normalized spacial score (nSPS) is 13.0. The first-order valence-corrected chi connectivity index (χ1v) is 11.9. The molecule has 1 aromatic heterocycles. The van der Waals surface area contributed by atoms with Crippen LogP contribution < -0.4 is 10.6 Å². The molecule has 0 bridgehead atoms. The van der Waals surface area contributed by atoms with Crippen LogP contribution >= 0.6 is 0 Å². The van der Waals surface area contributed by atoms with Crippen molar-refractivity contribution in [2.24, 2.45) is 11.8 Å². The standard InChI is InChI=1S/C28H34N4O3/c1-18(14-19(2)17-31-27(34)35-28(3,4)5)16-30-26(33)25-24(21-12-10-20(15-29)11-13-21)22-8-6-7-9-23(22)32-25/h6-13,18-19,32H,14,16-17H2,1-5H3,(H,30,33)(H,31,34)/t18-,19?/m0/s1. The van der Waals surface area contributed by atoms with E-state index in [0.717, 1.165) is 28.5 Å². The lowest BCUT2D eigenvalue weighted by atomic mass is 9.97. The molecule has 3 rings (SSSR count). The summed E-state index contributed by atoms with van der Waals surface area (Å²) in [5, 5.41) is 15.9. The molecular weight excluding hydrogens is 440 g/mol. The molecule has 7 nitrogen and oxygen atoms in total. The number of hydrogen-bond acceptors (Lipinski definition) is 4. The average Bonchev–Trinajstić information content (AvgIpc) is 3.20. The van der Waals surface area contributed by atoms with Crippen molar-refractivity contribution in [1.29, 1.82) is 5.26 Å². The highest BCUT2D eigenvalue weighted by atomic mass is 16.6. The highest BCUT2D eigenvalue weighted by Crippen LogP contribution is 2.32. The van der Waals surface area contributed by atoms with Crippen molar-refractivity contribution in [3.8, 4) is 17.2 Å². The van der Waals surface area contributed by atoms with Gasteiger partial charge in [0.25, 0.3) is 5.91 Å². The molecule has 3 aromatic rings. The summed E-state index contributed by atoms with van der Waals surface area (Å²) in [5.74, 6) is 0.278. The molecule has 35 heavy (non-hydrogen) atoms. The Balaban J connectivity index is 1.64. The van der Waals surface area contributed by atoms with E-state index in [4.69, 9.17) is 10.00 Å². The van der Waals surface area contributed by atoms with E-state index in [0.29, 0.717) is 24.3 Å². The van der Waals surface area contributed by atoms with Crippen LogP contribution in [0.15, 0.2) is 48.5 Å². The SMILES string of the molecule is CC(CNC(=O)OC(C)(C)C)C[C@H](C)CNC(=O)c1[nH]c2ccccc2c1-c1ccc(C#N)cc1. The first-order chi connectivity index (χ1) is 16.6. The van der Waals surface area contributed by atoms with Crippen molar-refractivity contribution in [3.05, 3.63) is 59.8 Å². The number of nitrogens with zero attached hydrogens (tertiary/aromatic N) is 1. The molecule has 0 spiro atoms. The Hall–Kier alpha value is -3.79. The van der Waals surface area contributed by atoms with Gasteiger partial charge in [0.05, 0.1) is 11.6 Å². The Bertz CT molecular complexity index is 1220. The third-order valence-electron chi connectivity index (χ3n) is 5.65. The molecule has 0 saturated carbocycles. The lowest BCUT2D eigenvalue weighted by molar-refractivity contribution is 0.0518. The number of carbonyl (C=O) groups excluding carboxylic acids is 2. The van der Waals surface area contributed by atoms with E-state index in [-0.39, 0.29) is 17.7 Å². The van der Waals surface area contributed by atoms with Crippen LogP contribution in [0.1, 0.15) is 57.1 Å². The second-order valence-corrected chi connectivity index (χ2v) is 10.1. The molecular formula is C28H34N4O3. The summed E-state index contributed by atoms with van der Waals surface area (Å²) in [7, 11) is 0. The van der Waals surface area contributed by atoms with E-state index < -0.39 is 11.7 Å². The lowest BCUT2D eigenvalue weighted by Gasteiger charge is -2.22. The lowest BCUT2D eigenvalue weighted by Crippen LogP contribution is -2.35. The first-order valence-electron chi connectivity index (χ1n) is 11.9. The van der Waals surface area contributed by atoms with Gasteiger partial charge < -0.3 is 20.4 Å². The van der Waals surface area contributed by atoms with Crippen LogP contribution in [0.5, 0.6) is 0 Å². The summed E-state index contributed by atoms with van der Waals surface area (Å²) < 4.78 is 5.28. The maximum atomic E-state index is 13.2. The molecule has 7 heteroatoms. The molecule has 1 unspecified atom stereocenters. The number of aromatic amines is 1. The number of aromatic nitrogens is 1. The quantitative estimate of drug-likeness (QED) is 0.394. The molecule has 0 fully saturated rings. The minimum absolute atomic E-state index is 0.174. The van der Waals surface area contributed by atoms with Crippen LogP contribution in [0, 0.1) is 23.2 Å². The predicted molar refractivity (Wildman–Crippen MR) is 138 cm³/mol. The van der Waals surface area contributed by atoms with E-state index in [1.54, 1.807) is 12.1 Å². The molecule has 3 N–H and O–H groups in total. The number of hydrogen-bond donors (Lipinski definition) is 3. The van der Waals surface area contributed by atoms with Gasteiger partial charge in [-0.3, -0.25) is 4.79 Å². The minimum Gasteiger partial charge on any atom is -0.444 e. The molecule has 2 atom stereocenters. The van der Waals surface area contributed by atoms with Gasteiger partial charge in [0.1, 0.15) is 11.3 Å². The number of nitriles is 1. The van der Waals surface area contributed by atoms with Gasteiger partial charge in [0.2, 0.25) is 0 Å². The average molecular weight is 475 g/mol. The van der Waals surface area contributed by atoms with Crippen molar-refractivity contribution in [1.82, 2.24) is 15.6 Å². The summed E-state index contributed by atoms with van der Waals surface area (Å²) in [4.78, 5) is 28.3. The zero-order valence-corrected chi connectivity index (χ0v) is 21.1. The van der Waals surface area contributed by atoms with Crippen LogP contribution in [-0.4, -0.2) is 35.7 Å². The minimum atomic E-state index is -0.524. The smallest absolute Gasteiger partial charge is 0.407 e. The van der Waals surface area contributed by atoms with Gasteiger partial charge in [-0.25, -0.2) is 4.79 Å². The van der Waals surface area contributed by atoms with E-state index in [1.807, 2.05) is 57.2 Å². The monoisotopic (exact) mass is 474 g/mol. The number of H-pyrrole nitrogens is 1. The molecule has 0 aliphatic rings. The Morgan fingerprint density at radius 1 is 1.00 bits per heavy atom. The van der Waals surface area contributed by atoms with Gasteiger partial charge in [-0.05, 0) is 62.8 Å². The van der Waals surface area contributed by atoms with Crippen LogP contribution in [0.25, 0.3) is 22.0 Å². The molecule has 0 saturated heterocycles. The molecule has 184 valence electrons. The number of amides is 2. The van der Waals surface area contributed by atoms with Crippen LogP contribution in [0.3, 0.4) is 0 Å². The van der Waals surface area contributed by atoms with Crippen molar-refractivity contribution < 1.29 is 14.3 Å². The third-order valence-corrected chi connectivity index (χ3v) is 5.65. The highest BCUT2D eigenvalue weighted by molar-refractivity contribution is 6.09. The van der Waals surface area contributed by atoms with E-state index in [2.05, 4.69) is 35.5 Å².